The van der Waals surface area contributed by atoms with Crippen LogP contribution in [-0.2, 0) is 31.8 Å². The van der Waals surface area contributed by atoms with E-state index in [0.717, 1.165) is 0 Å². The molecule has 5 N–H and O–H groups in total. The summed E-state index contributed by atoms with van der Waals surface area (Å²) in [7, 11) is -4.70. The van der Waals surface area contributed by atoms with Crippen molar-refractivity contribution in [2.24, 2.45) is 5.92 Å². The number of hydrogen-bond acceptors (Lipinski definition) is 7. The molecular weight excluding hydrogens is 367 g/mol. The number of aryl methyl sites for hydroxylation is 1. The van der Waals surface area contributed by atoms with E-state index in [1.54, 1.807) is 6.92 Å². The van der Waals surface area contributed by atoms with Crippen molar-refractivity contribution in [3.63, 3.8) is 0 Å². The Morgan fingerprint density at radius 2 is 2.15 bits per heavy atom. The van der Waals surface area contributed by atoms with Crippen molar-refractivity contribution in [1.29, 1.82) is 0 Å². The number of aliphatic carboxylic acids is 1. The number of allylic oxidation sites excluding steroid dienone is 2. The number of carboxylic acid groups (broad SMARTS) is 1. The highest BCUT2D eigenvalue weighted by Gasteiger charge is 2.29. The third-order valence-electron chi connectivity index (χ3n) is 4.09. The van der Waals surface area contributed by atoms with E-state index in [4.69, 9.17) is 14.9 Å². The fourth-order valence-electron chi connectivity index (χ4n) is 2.67. The number of phosphoric ester groups is 1. The molecule has 1 aromatic rings. The first-order chi connectivity index (χ1) is 12.1. The van der Waals surface area contributed by atoms with Crippen LogP contribution in [0.15, 0.2) is 17.5 Å². The molecule has 1 aliphatic carbocycles. The van der Waals surface area contributed by atoms with Crippen LogP contribution in [0.3, 0.4) is 0 Å². The van der Waals surface area contributed by atoms with Gasteiger partial charge in [-0.05, 0) is 13.3 Å². The van der Waals surface area contributed by atoms with Crippen molar-refractivity contribution < 1.29 is 38.7 Å². The van der Waals surface area contributed by atoms with Crippen molar-refractivity contribution in [3.05, 3.63) is 34.3 Å². The lowest BCUT2D eigenvalue weighted by Crippen LogP contribution is -2.17. The van der Waals surface area contributed by atoms with Gasteiger partial charge in [0.05, 0.1) is 18.2 Å². The Hall–Kier alpha value is -2.26. The van der Waals surface area contributed by atoms with Gasteiger partial charge in [-0.3, -0.25) is 19.1 Å². The van der Waals surface area contributed by atoms with Crippen LogP contribution in [0.1, 0.15) is 29.7 Å². The molecule has 142 valence electrons. The molecule has 0 spiro atoms. The second-order valence-corrected chi connectivity index (χ2v) is 7.12. The first-order valence-corrected chi connectivity index (χ1v) is 9.15. The molecule has 10 nitrogen and oxygen atoms in total. The molecule has 0 aliphatic heterocycles. The lowest BCUT2D eigenvalue weighted by atomic mass is 10.1. The van der Waals surface area contributed by atoms with Crippen LogP contribution in [-0.4, -0.2) is 37.2 Å². The second kappa shape index (κ2) is 7.96. The maximum Gasteiger partial charge on any atom is 0.469 e. The molecule has 1 aliphatic rings. The molecule has 0 radical (unpaired) electrons. The fourth-order valence-corrected chi connectivity index (χ4v) is 2.98. The Morgan fingerprint density at radius 1 is 1.46 bits per heavy atom. The summed E-state index contributed by atoms with van der Waals surface area (Å²) in [5, 5.41) is 22.2. The van der Waals surface area contributed by atoms with Gasteiger partial charge >= 0.3 is 13.8 Å². The molecule has 1 aromatic heterocycles. The van der Waals surface area contributed by atoms with Gasteiger partial charge in [0.15, 0.2) is 0 Å². The van der Waals surface area contributed by atoms with Crippen LogP contribution in [0.5, 0.6) is 5.75 Å². The molecule has 26 heavy (non-hydrogen) atoms. The molecule has 0 bridgehead atoms. The number of aldehydes is 1. The summed E-state index contributed by atoms with van der Waals surface area (Å²) in [6, 6.07) is 0. The SMILES string of the molecule is Cc1ncc(COP(=O)(O)O)c(CNC2=C(C=O)C[C@@H](C(=O)O)C2)c1O. The number of hydrogen-bond donors (Lipinski definition) is 5. The summed E-state index contributed by atoms with van der Waals surface area (Å²) in [6.07, 6.45) is 2.20. The topological polar surface area (TPSA) is 166 Å². The molecule has 11 heteroatoms. The largest absolute Gasteiger partial charge is 0.506 e. The summed E-state index contributed by atoms with van der Waals surface area (Å²) >= 11 is 0. The van der Waals surface area contributed by atoms with Gasteiger partial charge in [-0.25, -0.2) is 4.57 Å². The first kappa shape index (κ1) is 20.1. The monoisotopic (exact) mass is 386 g/mol. The van der Waals surface area contributed by atoms with E-state index in [1.165, 1.54) is 6.20 Å². The highest BCUT2D eigenvalue weighted by molar-refractivity contribution is 7.46. The van der Waals surface area contributed by atoms with E-state index < -0.39 is 26.3 Å². The van der Waals surface area contributed by atoms with Gasteiger partial charge in [0, 0.05) is 41.6 Å². The number of phosphoric acid groups is 1. The Balaban J connectivity index is 2.20. The van der Waals surface area contributed by atoms with E-state index in [0.29, 0.717) is 28.8 Å². The van der Waals surface area contributed by atoms with Gasteiger partial charge in [0.25, 0.3) is 0 Å². The van der Waals surface area contributed by atoms with E-state index in [2.05, 4.69) is 14.8 Å². The third kappa shape index (κ3) is 4.89. The number of aromatic hydroxyl groups is 1. The summed E-state index contributed by atoms with van der Waals surface area (Å²) in [5.41, 5.74) is 1.66. The number of pyridine rings is 1. The maximum atomic E-state index is 11.1. The van der Waals surface area contributed by atoms with Crippen LogP contribution in [0.25, 0.3) is 0 Å². The van der Waals surface area contributed by atoms with E-state index in [9.17, 15) is 19.3 Å². The Labute approximate surface area is 148 Å². The van der Waals surface area contributed by atoms with E-state index in [-0.39, 0.29) is 30.7 Å². The zero-order chi connectivity index (χ0) is 19.5. The van der Waals surface area contributed by atoms with Gasteiger partial charge < -0.3 is 25.3 Å². The van der Waals surface area contributed by atoms with Crippen molar-refractivity contribution in [1.82, 2.24) is 10.3 Å². The molecule has 1 atom stereocenters. The number of rotatable bonds is 8. The van der Waals surface area contributed by atoms with Crippen molar-refractivity contribution in [2.45, 2.75) is 32.9 Å². The Kier molecular flexibility index (Phi) is 6.14. The summed E-state index contributed by atoms with van der Waals surface area (Å²) in [4.78, 5) is 43.8. The average Bonchev–Trinajstić information content (AvgIpc) is 2.97. The minimum atomic E-state index is -4.70. The quantitative estimate of drug-likeness (QED) is 0.318. The molecular formula is C15H19N2O8P. The zero-order valence-electron chi connectivity index (χ0n) is 13.9. The fraction of sp³-hybridized carbons (Fsp3) is 0.400. The average molecular weight is 386 g/mol. The number of carbonyl (C=O) groups excluding carboxylic acids is 1. The first-order valence-electron chi connectivity index (χ1n) is 7.62. The minimum absolute atomic E-state index is 0.00799. The third-order valence-corrected chi connectivity index (χ3v) is 4.56. The lowest BCUT2D eigenvalue weighted by Gasteiger charge is -2.16. The zero-order valence-corrected chi connectivity index (χ0v) is 14.8. The Morgan fingerprint density at radius 3 is 2.73 bits per heavy atom. The van der Waals surface area contributed by atoms with Crippen molar-refractivity contribution >= 4 is 20.1 Å². The Bertz CT molecular complexity index is 801. The molecule has 0 unspecified atom stereocenters. The molecule has 1 heterocycles. The standard InChI is InChI=1S/C15H19N2O8P/c1-8-14(19)12(11(4-16-8)7-25-26(22,23)24)5-17-13-3-9(15(20)21)2-10(13)6-18/h4,6,9,17,19H,2-3,5,7H2,1H3,(H,20,21)(H2,22,23,24)/t9-/m1/s1. The van der Waals surface area contributed by atoms with Gasteiger partial charge in [-0.1, -0.05) is 0 Å². The van der Waals surface area contributed by atoms with Crippen LogP contribution in [0, 0.1) is 12.8 Å². The van der Waals surface area contributed by atoms with Crippen LogP contribution < -0.4 is 5.32 Å². The number of nitrogens with zero attached hydrogens (tertiary/aromatic N) is 1. The van der Waals surface area contributed by atoms with E-state index >= 15 is 0 Å². The predicted octanol–water partition coefficient (Wildman–Crippen LogP) is 0.742. The number of aromatic nitrogens is 1. The highest BCUT2D eigenvalue weighted by Crippen LogP contribution is 2.38. The van der Waals surface area contributed by atoms with Crippen LogP contribution in [0.4, 0.5) is 0 Å². The molecule has 0 saturated carbocycles. The highest BCUT2D eigenvalue weighted by atomic mass is 31.2. The summed E-state index contributed by atoms with van der Waals surface area (Å²) < 4.78 is 15.3. The maximum absolute atomic E-state index is 11.1. The molecule has 0 fully saturated rings. The van der Waals surface area contributed by atoms with Crippen molar-refractivity contribution in [2.75, 3.05) is 0 Å². The predicted molar refractivity (Wildman–Crippen MR) is 87.8 cm³/mol. The van der Waals surface area contributed by atoms with Gasteiger partial charge in [0.1, 0.15) is 12.0 Å². The number of nitrogens with one attached hydrogen (secondary N) is 1. The normalized spacial score (nSPS) is 17.4. The van der Waals surface area contributed by atoms with Crippen LogP contribution >= 0.6 is 7.82 Å². The summed E-state index contributed by atoms with van der Waals surface area (Å²) in [5.74, 6) is -1.87. The number of carbonyl (C=O) groups is 2. The molecule has 0 amide bonds. The number of carboxylic acids is 1. The molecule has 0 aromatic carbocycles. The minimum Gasteiger partial charge on any atom is -0.506 e. The van der Waals surface area contributed by atoms with Gasteiger partial charge in [0.2, 0.25) is 0 Å². The molecule has 0 saturated heterocycles. The van der Waals surface area contributed by atoms with Gasteiger partial charge in [-0.2, -0.15) is 0 Å². The second-order valence-electron chi connectivity index (χ2n) is 5.88. The van der Waals surface area contributed by atoms with Crippen molar-refractivity contribution in [3.8, 4) is 5.75 Å². The lowest BCUT2D eigenvalue weighted by molar-refractivity contribution is -0.141. The smallest absolute Gasteiger partial charge is 0.469 e. The van der Waals surface area contributed by atoms with E-state index in [1.807, 2.05) is 0 Å². The molecule has 2 rings (SSSR count). The van der Waals surface area contributed by atoms with Crippen LogP contribution in [0.2, 0.25) is 0 Å². The van der Waals surface area contributed by atoms with Gasteiger partial charge in [-0.15, -0.1) is 0 Å². The summed E-state index contributed by atoms with van der Waals surface area (Å²) in [6.45, 7) is 1.09.